The molecule has 4 unspecified atom stereocenters. The van der Waals surface area contributed by atoms with Gasteiger partial charge in [0.15, 0.2) is 17.7 Å². The zero-order valence-electron chi connectivity index (χ0n) is 17.0. The van der Waals surface area contributed by atoms with Gasteiger partial charge in [-0.25, -0.2) is 14.1 Å². The number of anilines is 1. The first-order valence-electron chi connectivity index (χ1n) is 9.48. The number of hydrogen-bond acceptors (Lipinski definition) is 4. The van der Waals surface area contributed by atoms with Crippen LogP contribution in [0.25, 0.3) is 0 Å². The molecule has 4 atom stereocenters. The second-order valence-electron chi connectivity index (χ2n) is 7.65. The fraction of sp³-hybridized carbons (Fsp3) is 0.300. The van der Waals surface area contributed by atoms with E-state index < -0.39 is 55.9 Å². The molecule has 2 aromatic rings. The van der Waals surface area contributed by atoms with Crippen LogP contribution in [0.5, 0.6) is 0 Å². The first-order chi connectivity index (χ1) is 15.2. The largest absolute Gasteiger partial charge is 0.452 e. The predicted octanol–water partition coefficient (Wildman–Crippen LogP) is 5.42. The third kappa shape index (κ3) is 3.55. The Hall–Kier alpha value is -2.11. The van der Waals surface area contributed by atoms with Crippen molar-refractivity contribution < 1.29 is 27.2 Å². The summed E-state index contributed by atoms with van der Waals surface area (Å²) in [7, 11) is 1.22. The van der Waals surface area contributed by atoms with Crippen molar-refractivity contribution in [2.24, 2.45) is 0 Å². The van der Waals surface area contributed by atoms with E-state index in [2.05, 4.69) is 5.32 Å². The van der Waals surface area contributed by atoms with E-state index in [0.717, 1.165) is 22.0 Å². The lowest BCUT2D eigenvalue weighted by Gasteiger charge is -2.30. The maximum absolute atomic E-state index is 14.8. The predicted molar refractivity (Wildman–Crippen MR) is 116 cm³/mol. The van der Waals surface area contributed by atoms with Crippen molar-refractivity contribution in [1.82, 2.24) is 14.5 Å². The van der Waals surface area contributed by atoms with E-state index in [4.69, 9.17) is 34.8 Å². The SMILES string of the molecule is Cc1cccc(NC(N2C3C(=O)N(C)C(=O)[N+]32c2ccccc2F)C(Cl)(Cl)Cl)c1C(F)(F)F. The molecule has 2 aliphatic heterocycles. The normalized spacial score (nSPS) is 25.8. The van der Waals surface area contributed by atoms with E-state index in [1.54, 1.807) is 0 Å². The molecule has 2 saturated heterocycles. The number of quaternary nitrogens is 1. The highest BCUT2D eigenvalue weighted by Crippen LogP contribution is 2.55. The Kier molecular flexibility index (Phi) is 5.61. The van der Waals surface area contributed by atoms with Gasteiger partial charge in [0.25, 0.3) is 0 Å². The fourth-order valence-electron chi connectivity index (χ4n) is 4.27. The molecule has 2 heterocycles. The first-order valence-corrected chi connectivity index (χ1v) is 10.6. The lowest BCUT2D eigenvalue weighted by molar-refractivity contribution is -0.137. The number of carbonyl (C=O) groups excluding carboxylic acids is 2. The van der Waals surface area contributed by atoms with Crippen LogP contribution in [0.3, 0.4) is 0 Å². The number of likely N-dealkylation sites (N-methyl/N-ethyl adjacent to an activating group) is 1. The number of urea groups is 1. The molecule has 0 spiro atoms. The molecule has 0 aliphatic carbocycles. The van der Waals surface area contributed by atoms with Crippen LogP contribution in [0.4, 0.5) is 33.7 Å². The van der Waals surface area contributed by atoms with Crippen LogP contribution in [-0.2, 0) is 11.0 Å². The molecule has 4 rings (SSSR count). The minimum Gasteiger partial charge on any atom is -0.361 e. The minimum atomic E-state index is -4.75. The molecule has 2 aromatic carbocycles. The molecule has 0 aromatic heterocycles. The molecular formula is C20H16Cl3F4N4O2+. The molecule has 2 fully saturated rings. The summed E-state index contributed by atoms with van der Waals surface area (Å²) < 4.78 is 52.7. The van der Waals surface area contributed by atoms with Gasteiger partial charge in [-0.15, -0.1) is 0 Å². The molecule has 0 radical (unpaired) electrons. The number of nitrogens with zero attached hydrogens (tertiary/aromatic N) is 3. The highest BCUT2D eigenvalue weighted by molar-refractivity contribution is 6.68. The van der Waals surface area contributed by atoms with Crippen molar-refractivity contribution in [2.45, 2.75) is 29.2 Å². The van der Waals surface area contributed by atoms with Gasteiger partial charge in [-0.05, 0) is 29.6 Å². The average molecular weight is 527 g/mol. The van der Waals surface area contributed by atoms with E-state index in [0.29, 0.717) is 0 Å². The molecule has 0 bridgehead atoms. The van der Waals surface area contributed by atoms with E-state index >= 15 is 0 Å². The maximum atomic E-state index is 14.8. The van der Waals surface area contributed by atoms with Crippen LogP contribution in [0.15, 0.2) is 42.5 Å². The number of nitrogens with one attached hydrogen (secondary N) is 1. The van der Waals surface area contributed by atoms with Gasteiger partial charge in [0.2, 0.25) is 3.79 Å². The highest BCUT2D eigenvalue weighted by Gasteiger charge is 2.86. The van der Waals surface area contributed by atoms with Crippen LogP contribution in [0.1, 0.15) is 11.1 Å². The second kappa shape index (κ2) is 7.71. The first kappa shape index (κ1) is 24.0. The van der Waals surface area contributed by atoms with Gasteiger partial charge < -0.3 is 5.32 Å². The van der Waals surface area contributed by atoms with Gasteiger partial charge in [0.05, 0.1) is 5.56 Å². The number of carbonyl (C=O) groups is 2. The fourth-order valence-corrected chi connectivity index (χ4v) is 4.73. The average Bonchev–Trinajstić information content (AvgIpc) is 3.33. The van der Waals surface area contributed by atoms with Crippen molar-refractivity contribution >= 4 is 58.1 Å². The third-order valence-corrected chi connectivity index (χ3v) is 6.31. The summed E-state index contributed by atoms with van der Waals surface area (Å²) in [6, 6.07) is 8.16. The van der Waals surface area contributed by atoms with E-state index in [1.807, 2.05) is 0 Å². The summed E-state index contributed by atoms with van der Waals surface area (Å²) in [5.41, 5.74) is -1.72. The smallest absolute Gasteiger partial charge is 0.361 e. The number of hydrogen-bond donors (Lipinski definition) is 1. The monoisotopic (exact) mass is 525 g/mol. The molecule has 2 aliphatic rings. The zero-order valence-corrected chi connectivity index (χ0v) is 19.3. The Bertz CT molecular complexity index is 1160. The van der Waals surface area contributed by atoms with E-state index in [-0.39, 0.29) is 11.3 Å². The Morgan fingerprint density at radius 2 is 1.70 bits per heavy atom. The molecule has 0 saturated carbocycles. The number of aryl methyl sites for hydroxylation is 1. The molecule has 6 nitrogen and oxygen atoms in total. The van der Waals surface area contributed by atoms with Crippen LogP contribution in [-0.4, -0.2) is 45.0 Å². The second-order valence-corrected chi connectivity index (χ2v) is 10.0. The number of imide groups is 1. The van der Waals surface area contributed by atoms with Crippen LogP contribution in [0, 0.1) is 12.7 Å². The van der Waals surface area contributed by atoms with Crippen molar-refractivity contribution in [3.63, 3.8) is 0 Å². The van der Waals surface area contributed by atoms with Crippen molar-refractivity contribution in [3.05, 3.63) is 59.4 Å². The number of fused-ring (bicyclic) bond motifs is 1. The number of amides is 3. The number of alkyl halides is 6. The Morgan fingerprint density at radius 1 is 1.06 bits per heavy atom. The number of rotatable bonds is 4. The van der Waals surface area contributed by atoms with Crippen LogP contribution < -0.4 is 9.91 Å². The lowest BCUT2D eigenvalue weighted by Crippen LogP contribution is -2.53. The Balaban J connectivity index is 1.86. The van der Waals surface area contributed by atoms with Crippen molar-refractivity contribution in [3.8, 4) is 0 Å². The number of halogens is 7. The zero-order chi connectivity index (χ0) is 24.5. The van der Waals surface area contributed by atoms with Crippen molar-refractivity contribution in [2.75, 3.05) is 12.4 Å². The van der Waals surface area contributed by atoms with Gasteiger partial charge in [-0.2, -0.15) is 13.2 Å². The molecule has 176 valence electrons. The summed E-state index contributed by atoms with van der Waals surface area (Å²) >= 11 is 18.4. The molecular weight excluding hydrogens is 511 g/mol. The van der Waals surface area contributed by atoms with Gasteiger partial charge in [0, 0.05) is 18.8 Å². The quantitative estimate of drug-likeness (QED) is 0.190. The molecule has 33 heavy (non-hydrogen) atoms. The Labute approximate surface area is 200 Å². The topological polar surface area (TPSA) is 52.4 Å². The highest BCUT2D eigenvalue weighted by atomic mass is 35.6. The summed E-state index contributed by atoms with van der Waals surface area (Å²) in [5.74, 6) is -1.53. The summed E-state index contributed by atoms with van der Waals surface area (Å²) in [6.45, 7) is 1.27. The minimum absolute atomic E-state index is 0.0910. The van der Waals surface area contributed by atoms with E-state index in [1.165, 1.54) is 44.3 Å². The van der Waals surface area contributed by atoms with E-state index in [9.17, 15) is 27.2 Å². The van der Waals surface area contributed by atoms with Gasteiger partial charge in [0.1, 0.15) is 0 Å². The van der Waals surface area contributed by atoms with Gasteiger partial charge in [-0.1, -0.05) is 63.7 Å². The number of benzene rings is 2. The number of para-hydroxylation sites is 1. The standard InChI is InChI=1S/C20H16Cl3F4N4O2/c1-10-6-5-8-12(14(10)20(25,26)27)28-17(19(21,22)23)30-15-16(32)29(2)18(33)31(15,30)13-9-4-3-7-11(13)24/h3-9,15,17,28H,1-2H3/q+1. The molecule has 13 heteroatoms. The van der Waals surface area contributed by atoms with Crippen molar-refractivity contribution in [1.29, 1.82) is 0 Å². The van der Waals surface area contributed by atoms with Gasteiger partial charge in [-0.3, -0.25) is 4.79 Å². The lowest BCUT2D eigenvalue weighted by atomic mass is 10.1. The molecule has 1 N–H and O–H groups in total. The van der Waals surface area contributed by atoms with Crippen LogP contribution in [0.2, 0.25) is 0 Å². The van der Waals surface area contributed by atoms with Crippen LogP contribution >= 0.6 is 34.8 Å². The summed E-state index contributed by atoms with van der Waals surface area (Å²) in [4.78, 5) is 26.8. The summed E-state index contributed by atoms with van der Waals surface area (Å²) in [6.07, 6.45) is -7.69. The maximum Gasteiger partial charge on any atom is 0.452 e. The molecule has 3 amide bonds. The third-order valence-electron chi connectivity index (χ3n) is 5.69. The summed E-state index contributed by atoms with van der Waals surface area (Å²) in [5, 5.41) is 3.60. The van der Waals surface area contributed by atoms with Gasteiger partial charge >= 0.3 is 24.3 Å². The Morgan fingerprint density at radius 3 is 2.27 bits per heavy atom.